The van der Waals surface area contributed by atoms with E-state index in [9.17, 15) is 13.2 Å². The molecule has 0 aliphatic carbocycles. The molecular weight excluding hydrogens is 288 g/mol. The number of nitrogens with one attached hydrogen (secondary N) is 1. The number of carbonyl (C=O) groups is 1. The number of carbonyl (C=O) groups excluding carboxylic acids is 1. The van der Waals surface area contributed by atoms with Crippen molar-refractivity contribution in [2.24, 2.45) is 0 Å². The average Bonchev–Trinajstić information content (AvgIpc) is 2.43. The van der Waals surface area contributed by atoms with E-state index in [2.05, 4.69) is 4.72 Å². The SMILES string of the molecule is CCN(CC)C(=O)CCNS(=O)(=O)c1ccc(C)c(C)c1. The van der Waals surface area contributed by atoms with Crippen LogP contribution in [0, 0.1) is 13.8 Å². The number of hydrogen-bond acceptors (Lipinski definition) is 3. The van der Waals surface area contributed by atoms with Crippen molar-refractivity contribution in [2.75, 3.05) is 19.6 Å². The molecule has 0 bridgehead atoms. The third-order valence-electron chi connectivity index (χ3n) is 3.54. The molecular formula is C15H24N2O3S. The molecule has 0 fully saturated rings. The van der Waals surface area contributed by atoms with E-state index < -0.39 is 10.0 Å². The van der Waals surface area contributed by atoms with Crippen molar-refractivity contribution in [2.45, 2.75) is 39.0 Å². The molecule has 0 spiro atoms. The Kier molecular flexibility index (Phi) is 6.36. The highest BCUT2D eigenvalue weighted by Crippen LogP contribution is 2.14. The first kappa shape index (κ1) is 17.7. The Labute approximate surface area is 127 Å². The van der Waals surface area contributed by atoms with Crippen LogP contribution in [0.1, 0.15) is 31.4 Å². The third kappa shape index (κ3) is 4.82. The normalized spacial score (nSPS) is 11.4. The molecule has 0 unspecified atom stereocenters. The molecule has 1 aromatic carbocycles. The van der Waals surface area contributed by atoms with Gasteiger partial charge >= 0.3 is 0 Å². The van der Waals surface area contributed by atoms with Crippen molar-refractivity contribution in [3.63, 3.8) is 0 Å². The lowest BCUT2D eigenvalue weighted by molar-refractivity contribution is -0.130. The molecule has 1 aromatic rings. The molecule has 0 aromatic heterocycles. The van der Waals surface area contributed by atoms with Crippen LogP contribution in [0.2, 0.25) is 0 Å². The molecule has 118 valence electrons. The summed E-state index contributed by atoms with van der Waals surface area (Å²) in [6.45, 7) is 9.00. The van der Waals surface area contributed by atoms with Gasteiger partial charge in [0.1, 0.15) is 0 Å². The van der Waals surface area contributed by atoms with Crippen LogP contribution < -0.4 is 4.72 Å². The zero-order valence-corrected chi connectivity index (χ0v) is 14.0. The van der Waals surface area contributed by atoms with Crippen LogP contribution >= 0.6 is 0 Å². The zero-order valence-electron chi connectivity index (χ0n) is 13.1. The number of sulfonamides is 1. The number of nitrogens with zero attached hydrogens (tertiary/aromatic N) is 1. The summed E-state index contributed by atoms with van der Waals surface area (Å²) >= 11 is 0. The second-order valence-electron chi connectivity index (χ2n) is 4.96. The van der Waals surface area contributed by atoms with Crippen molar-refractivity contribution in [1.82, 2.24) is 9.62 Å². The van der Waals surface area contributed by atoms with E-state index in [-0.39, 0.29) is 23.8 Å². The van der Waals surface area contributed by atoms with Gasteiger partial charge in [-0.15, -0.1) is 0 Å². The Morgan fingerprint density at radius 1 is 1.14 bits per heavy atom. The van der Waals surface area contributed by atoms with Crippen LogP contribution in [0.15, 0.2) is 23.1 Å². The van der Waals surface area contributed by atoms with Gasteiger partial charge in [-0.25, -0.2) is 13.1 Å². The van der Waals surface area contributed by atoms with E-state index in [0.717, 1.165) is 11.1 Å². The highest BCUT2D eigenvalue weighted by Gasteiger charge is 2.16. The number of amides is 1. The van der Waals surface area contributed by atoms with Gasteiger partial charge in [0.05, 0.1) is 4.90 Å². The molecule has 21 heavy (non-hydrogen) atoms. The minimum absolute atomic E-state index is 0.0391. The second kappa shape index (κ2) is 7.56. The van der Waals surface area contributed by atoms with E-state index in [1.807, 2.05) is 27.7 Å². The maximum atomic E-state index is 12.2. The number of rotatable bonds is 7. The highest BCUT2D eigenvalue weighted by molar-refractivity contribution is 7.89. The average molecular weight is 312 g/mol. The quantitative estimate of drug-likeness (QED) is 0.835. The van der Waals surface area contributed by atoms with Crippen molar-refractivity contribution >= 4 is 15.9 Å². The maximum absolute atomic E-state index is 12.2. The van der Waals surface area contributed by atoms with Crippen LogP contribution in [0.3, 0.4) is 0 Å². The van der Waals surface area contributed by atoms with Gasteiger partial charge in [0.25, 0.3) is 0 Å². The molecule has 0 heterocycles. The summed E-state index contributed by atoms with van der Waals surface area (Å²) in [5, 5.41) is 0. The number of aryl methyl sites for hydroxylation is 2. The smallest absolute Gasteiger partial charge is 0.240 e. The minimum atomic E-state index is -3.56. The zero-order chi connectivity index (χ0) is 16.0. The fourth-order valence-electron chi connectivity index (χ4n) is 1.99. The lowest BCUT2D eigenvalue weighted by Crippen LogP contribution is -2.34. The molecule has 0 saturated heterocycles. The summed E-state index contributed by atoms with van der Waals surface area (Å²) in [4.78, 5) is 13.7. The van der Waals surface area contributed by atoms with Crippen LogP contribution in [0.4, 0.5) is 0 Å². The molecule has 0 atom stereocenters. The molecule has 1 N–H and O–H groups in total. The highest BCUT2D eigenvalue weighted by atomic mass is 32.2. The predicted molar refractivity (Wildman–Crippen MR) is 83.6 cm³/mol. The molecule has 1 rings (SSSR count). The van der Waals surface area contributed by atoms with Gasteiger partial charge in [0.2, 0.25) is 15.9 Å². The molecule has 0 radical (unpaired) electrons. The Balaban J connectivity index is 2.65. The molecule has 6 heteroatoms. The first-order valence-electron chi connectivity index (χ1n) is 7.16. The largest absolute Gasteiger partial charge is 0.343 e. The topological polar surface area (TPSA) is 66.5 Å². The van der Waals surface area contributed by atoms with Crippen molar-refractivity contribution < 1.29 is 13.2 Å². The summed E-state index contributed by atoms with van der Waals surface area (Å²) in [7, 11) is -3.56. The monoisotopic (exact) mass is 312 g/mol. The van der Waals surface area contributed by atoms with Crippen LogP contribution in [0.5, 0.6) is 0 Å². The van der Waals surface area contributed by atoms with E-state index in [0.29, 0.717) is 13.1 Å². The van der Waals surface area contributed by atoms with Crippen molar-refractivity contribution in [1.29, 1.82) is 0 Å². The van der Waals surface area contributed by atoms with Gasteiger partial charge in [0, 0.05) is 26.1 Å². The van der Waals surface area contributed by atoms with E-state index in [1.165, 1.54) is 0 Å². The predicted octanol–water partition coefficient (Wildman–Crippen LogP) is 1.84. The van der Waals surface area contributed by atoms with Crippen LogP contribution in [-0.4, -0.2) is 38.9 Å². The summed E-state index contributed by atoms with van der Waals surface area (Å²) < 4.78 is 26.8. The Morgan fingerprint density at radius 2 is 1.76 bits per heavy atom. The summed E-state index contributed by atoms with van der Waals surface area (Å²) in [5.74, 6) is -0.0391. The van der Waals surface area contributed by atoms with Gasteiger partial charge < -0.3 is 4.90 Å². The Bertz CT molecular complexity index is 593. The Hall–Kier alpha value is -1.40. The standard InChI is InChI=1S/C15H24N2O3S/c1-5-17(6-2)15(18)9-10-16-21(19,20)14-8-7-12(3)13(4)11-14/h7-8,11,16H,5-6,9-10H2,1-4H3. The van der Waals surface area contributed by atoms with E-state index in [4.69, 9.17) is 0 Å². The minimum Gasteiger partial charge on any atom is -0.343 e. The fourth-order valence-corrected chi connectivity index (χ4v) is 3.11. The molecule has 1 amide bonds. The van der Waals surface area contributed by atoms with E-state index >= 15 is 0 Å². The molecule has 0 aliphatic rings. The van der Waals surface area contributed by atoms with Gasteiger partial charge in [0.15, 0.2) is 0 Å². The van der Waals surface area contributed by atoms with Gasteiger partial charge in [-0.3, -0.25) is 4.79 Å². The number of hydrogen-bond donors (Lipinski definition) is 1. The first-order valence-corrected chi connectivity index (χ1v) is 8.64. The molecule has 5 nitrogen and oxygen atoms in total. The van der Waals surface area contributed by atoms with Crippen LogP contribution in [0.25, 0.3) is 0 Å². The summed E-state index contributed by atoms with van der Waals surface area (Å²) in [6.07, 6.45) is 0.172. The summed E-state index contributed by atoms with van der Waals surface area (Å²) in [5.41, 5.74) is 1.97. The number of benzene rings is 1. The van der Waals surface area contributed by atoms with Gasteiger partial charge in [-0.05, 0) is 51.0 Å². The van der Waals surface area contributed by atoms with E-state index in [1.54, 1.807) is 23.1 Å². The molecule has 0 saturated carbocycles. The van der Waals surface area contributed by atoms with Crippen molar-refractivity contribution in [3.8, 4) is 0 Å². The summed E-state index contributed by atoms with van der Waals surface area (Å²) in [6, 6.07) is 5.01. The molecule has 0 aliphatic heterocycles. The maximum Gasteiger partial charge on any atom is 0.240 e. The Morgan fingerprint density at radius 3 is 2.29 bits per heavy atom. The third-order valence-corrected chi connectivity index (χ3v) is 4.99. The lowest BCUT2D eigenvalue weighted by atomic mass is 10.1. The van der Waals surface area contributed by atoms with Crippen LogP contribution in [-0.2, 0) is 14.8 Å². The van der Waals surface area contributed by atoms with Crippen molar-refractivity contribution in [3.05, 3.63) is 29.3 Å². The fraction of sp³-hybridized carbons (Fsp3) is 0.533. The first-order chi connectivity index (χ1) is 9.81. The van der Waals surface area contributed by atoms with Gasteiger partial charge in [-0.1, -0.05) is 6.07 Å². The lowest BCUT2D eigenvalue weighted by Gasteiger charge is -2.18. The second-order valence-corrected chi connectivity index (χ2v) is 6.73. The van der Waals surface area contributed by atoms with Gasteiger partial charge in [-0.2, -0.15) is 0 Å².